The molecule has 0 aliphatic heterocycles. The van der Waals surface area contributed by atoms with Crippen molar-refractivity contribution in [2.24, 2.45) is 0 Å². The number of rotatable bonds is 2. The quantitative estimate of drug-likeness (QED) is 0.659. The highest BCUT2D eigenvalue weighted by molar-refractivity contribution is 6.05. The Hall–Kier alpha value is -2.57. The predicted molar refractivity (Wildman–Crippen MR) is 69.8 cm³/mol. The molecule has 0 spiro atoms. The van der Waals surface area contributed by atoms with Crippen LogP contribution in [-0.2, 0) is 0 Å². The first-order chi connectivity index (χ1) is 9.79. The molecule has 0 unspecified atom stereocenters. The second kappa shape index (κ2) is 5.43. The molecule has 110 valence electrons. The summed E-state index contributed by atoms with van der Waals surface area (Å²) in [5.41, 5.74) is 4.67. The third-order valence-electron chi connectivity index (χ3n) is 2.89. The molecule has 3 nitrogen and oxygen atoms in total. The van der Waals surface area contributed by atoms with Gasteiger partial charge in [0.15, 0.2) is 11.6 Å². The van der Waals surface area contributed by atoms with Crippen molar-refractivity contribution >= 4 is 17.3 Å². The second-order valence-electron chi connectivity index (χ2n) is 4.37. The summed E-state index contributed by atoms with van der Waals surface area (Å²) in [5, 5.41) is 1.92. The van der Waals surface area contributed by atoms with Gasteiger partial charge in [0.2, 0.25) is 0 Å². The number of nitrogens with one attached hydrogen (secondary N) is 1. The van der Waals surface area contributed by atoms with Gasteiger partial charge in [0.25, 0.3) is 5.91 Å². The minimum Gasteiger partial charge on any atom is -0.398 e. The maximum atomic E-state index is 13.5. The largest absolute Gasteiger partial charge is 0.398 e. The topological polar surface area (TPSA) is 55.1 Å². The fraction of sp³-hybridized carbons (Fsp3) is 0.0714. The number of carbonyl (C=O) groups excluding carboxylic acids is 1. The predicted octanol–water partition coefficient (Wildman–Crippen LogP) is 3.39. The zero-order valence-corrected chi connectivity index (χ0v) is 10.8. The highest BCUT2D eigenvalue weighted by atomic mass is 19.1. The van der Waals surface area contributed by atoms with Crippen molar-refractivity contribution in [3.05, 3.63) is 58.7 Å². The van der Waals surface area contributed by atoms with Crippen molar-refractivity contribution in [1.82, 2.24) is 0 Å². The fourth-order valence-electron chi connectivity index (χ4n) is 1.68. The smallest absolute Gasteiger partial charge is 0.255 e. The van der Waals surface area contributed by atoms with Crippen LogP contribution in [0, 0.1) is 30.2 Å². The van der Waals surface area contributed by atoms with Crippen LogP contribution < -0.4 is 11.1 Å². The van der Waals surface area contributed by atoms with Crippen LogP contribution in [0.25, 0.3) is 0 Å². The van der Waals surface area contributed by atoms with Gasteiger partial charge in [0.05, 0.1) is 0 Å². The first-order valence-electron chi connectivity index (χ1n) is 5.81. The fourth-order valence-corrected chi connectivity index (χ4v) is 1.68. The standard InChI is InChI=1S/C14H10F4N2O/c1-6-9(16)2-7(3-12(6)19)14(21)20-13-10(17)4-8(15)5-11(13)18/h2-5H,19H2,1H3,(H,20,21). The molecule has 3 N–H and O–H groups in total. The van der Waals surface area contributed by atoms with E-state index in [0.29, 0.717) is 12.1 Å². The molecule has 0 radical (unpaired) electrons. The molecule has 0 aliphatic rings. The summed E-state index contributed by atoms with van der Waals surface area (Å²) in [6.45, 7) is 1.42. The Bertz CT molecular complexity index is 685. The molecule has 0 bridgehead atoms. The number of nitrogen functional groups attached to an aromatic ring is 1. The van der Waals surface area contributed by atoms with Crippen LogP contribution in [0.15, 0.2) is 24.3 Å². The van der Waals surface area contributed by atoms with Crippen molar-refractivity contribution in [3.8, 4) is 0 Å². The lowest BCUT2D eigenvalue weighted by molar-refractivity contribution is 0.102. The lowest BCUT2D eigenvalue weighted by Crippen LogP contribution is -2.15. The highest BCUT2D eigenvalue weighted by Crippen LogP contribution is 2.22. The van der Waals surface area contributed by atoms with E-state index >= 15 is 0 Å². The van der Waals surface area contributed by atoms with Gasteiger partial charge in [-0.25, -0.2) is 17.6 Å². The van der Waals surface area contributed by atoms with E-state index in [9.17, 15) is 22.4 Å². The third kappa shape index (κ3) is 2.96. The minimum atomic E-state index is -1.28. The van der Waals surface area contributed by atoms with E-state index in [-0.39, 0.29) is 16.8 Å². The van der Waals surface area contributed by atoms with Crippen LogP contribution in [-0.4, -0.2) is 5.91 Å². The number of nitrogens with two attached hydrogens (primary N) is 1. The number of hydrogen-bond acceptors (Lipinski definition) is 2. The van der Waals surface area contributed by atoms with E-state index in [4.69, 9.17) is 5.73 Å². The Morgan fingerprint density at radius 3 is 2.10 bits per heavy atom. The molecule has 7 heteroatoms. The van der Waals surface area contributed by atoms with Crippen molar-refractivity contribution < 1.29 is 22.4 Å². The molecule has 0 heterocycles. The van der Waals surface area contributed by atoms with Crippen LogP contribution in [0.2, 0.25) is 0 Å². The molecule has 21 heavy (non-hydrogen) atoms. The summed E-state index contributed by atoms with van der Waals surface area (Å²) < 4.78 is 53.1. The highest BCUT2D eigenvalue weighted by Gasteiger charge is 2.17. The number of benzene rings is 2. The van der Waals surface area contributed by atoms with Gasteiger partial charge in [-0.2, -0.15) is 0 Å². The Balaban J connectivity index is 2.35. The maximum absolute atomic E-state index is 13.5. The molecular formula is C14H10F4N2O. The molecule has 0 aromatic heterocycles. The SMILES string of the molecule is Cc1c(N)cc(C(=O)Nc2c(F)cc(F)cc2F)cc1F. The number of anilines is 2. The van der Waals surface area contributed by atoms with E-state index in [1.165, 1.54) is 13.0 Å². The Kier molecular flexibility index (Phi) is 3.84. The Morgan fingerprint density at radius 1 is 1.00 bits per heavy atom. The summed E-state index contributed by atoms with van der Waals surface area (Å²) in [4.78, 5) is 11.9. The van der Waals surface area contributed by atoms with Crippen LogP contribution >= 0.6 is 0 Å². The minimum absolute atomic E-state index is 0.0280. The van der Waals surface area contributed by atoms with E-state index in [0.717, 1.165) is 6.07 Å². The molecule has 2 aromatic rings. The average molecular weight is 298 g/mol. The number of carbonyl (C=O) groups is 1. The molecular weight excluding hydrogens is 288 g/mol. The van der Waals surface area contributed by atoms with Gasteiger partial charge >= 0.3 is 0 Å². The number of hydrogen-bond donors (Lipinski definition) is 2. The molecule has 0 aliphatic carbocycles. The first kappa shape index (κ1) is 14.8. The van der Waals surface area contributed by atoms with Gasteiger partial charge in [-0.05, 0) is 19.1 Å². The molecule has 1 amide bonds. The van der Waals surface area contributed by atoms with Gasteiger partial charge in [0, 0.05) is 28.9 Å². The number of halogens is 4. The second-order valence-corrected chi connectivity index (χ2v) is 4.37. The molecule has 2 rings (SSSR count). The molecule has 0 saturated heterocycles. The van der Waals surface area contributed by atoms with E-state index in [1.54, 1.807) is 0 Å². The van der Waals surface area contributed by atoms with Crippen molar-refractivity contribution in [1.29, 1.82) is 0 Å². The van der Waals surface area contributed by atoms with E-state index in [1.807, 2.05) is 5.32 Å². The zero-order chi connectivity index (χ0) is 15.7. The summed E-state index contributed by atoms with van der Waals surface area (Å²) in [6, 6.07) is 2.90. The van der Waals surface area contributed by atoms with Gasteiger partial charge in [-0.1, -0.05) is 0 Å². The van der Waals surface area contributed by atoms with Gasteiger partial charge in [-0.3, -0.25) is 4.79 Å². The van der Waals surface area contributed by atoms with Gasteiger partial charge < -0.3 is 11.1 Å². The molecule has 2 aromatic carbocycles. The normalized spacial score (nSPS) is 10.5. The summed E-state index contributed by atoms with van der Waals surface area (Å²) >= 11 is 0. The third-order valence-corrected chi connectivity index (χ3v) is 2.89. The monoisotopic (exact) mass is 298 g/mol. The lowest BCUT2D eigenvalue weighted by atomic mass is 10.1. The van der Waals surface area contributed by atoms with Crippen LogP contribution in [0.3, 0.4) is 0 Å². The van der Waals surface area contributed by atoms with Gasteiger partial charge in [0.1, 0.15) is 17.3 Å². The Morgan fingerprint density at radius 2 is 1.57 bits per heavy atom. The molecule has 0 fully saturated rings. The maximum Gasteiger partial charge on any atom is 0.255 e. The van der Waals surface area contributed by atoms with Crippen molar-refractivity contribution in [2.75, 3.05) is 11.1 Å². The molecule has 0 saturated carbocycles. The molecule has 0 atom stereocenters. The van der Waals surface area contributed by atoms with Crippen LogP contribution in [0.5, 0.6) is 0 Å². The summed E-state index contributed by atoms with van der Waals surface area (Å²) in [6.07, 6.45) is 0. The lowest BCUT2D eigenvalue weighted by Gasteiger charge is -2.09. The van der Waals surface area contributed by atoms with Crippen LogP contribution in [0.1, 0.15) is 15.9 Å². The number of amides is 1. The zero-order valence-electron chi connectivity index (χ0n) is 10.8. The van der Waals surface area contributed by atoms with E-state index < -0.39 is 34.9 Å². The van der Waals surface area contributed by atoms with Crippen molar-refractivity contribution in [2.45, 2.75) is 6.92 Å². The van der Waals surface area contributed by atoms with E-state index in [2.05, 4.69) is 0 Å². The van der Waals surface area contributed by atoms with Crippen LogP contribution in [0.4, 0.5) is 28.9 Å². The van der Waals surface area contributed by atoms with Gasteiger partial charge in [-0.15, -0.1) is 0 Å². The average Bonchev–Trinajstić information content (AvgIpc) is 2.39. The summed E-state index contributed by atoms with van der Waals surface area (Å²) in [5.74, 6) is -5.36. The van der Waals surface area contributed by atoms with Crippen molar-refractivity contribution in [3.63, 3.8) is 0 Å². The Labute approximate surface area is 117 Å². The first-order valence-corrected chi connectivity index (χ1v) is 5.81. The summed E-state index contributed by atoms with van der Waals surface area (Å²) in [7, 11) is 0.